The van der Waals surface area contributed by atoms with Crippen molar-refractivity contribution in [3.8, 4) is 6.07 Å². The highest BCUT2D eigenvalue weighted by Gasteiger charge is 2.20. The quantitative estimate of drug-likeness (QED) is 0.894. The molecule has 0 radical (unpaired) electrons. The van der Waals surface area contributed by atoms with Gasteiger partial charge in [0.25, 0.3) is 0 Å². The van der Waals surface area contributed by atoms with Gasteiger partial charge in [0.05, 0.1) is 12.5 Å². The van der Waals surface area contributed by atoms with E-state index >= 15 is 0 Å². The Balaban J connectivity index is 2.53. The molecule has 0 aliphatic carbocycles. The molecule has 0 aromatic heterocycles. The highest BCUT2D eigenvalue weighted by atomic mass is 16.6. The first-order chi connectivity index (χ1) is 10.2. The van der Waals surface area contributed by atoms with Gasteiger partial charge in [-0.25, -0.2) is 4.79 Å². The molecule has 22 heavy (non-hydrogen) atoms. The van der Waals surface area contributed by atoms with Crippen LogP contribution in [0.25, 0.3) is 0 Å². The largest absolute Gasteiger partial charge is 0.444 e. The fraction of sp³-hybridized carbons (Fsp3) is 0.438. The lowest BCUT2D eigenvalue weighted by Gasteiger charge is -2.21. The van der Waals surface area contributed by atoms with Crippen molar-refractivity contribution in [1.82, 2.24) is 5.32 Å². The number of ether oxygens (including phenoxy) is 1. The number of anilines is 1. The standard InChI is InChI=1S/C16H21N3O3/c1-11(18-15(21)22-16(2,3)4)14(20)19-13-7-5-12(6-8-13)9-10-17/h5-8,11H,9H2,1-4H3,(H,18,21)(H,19,20)/t11-/m1/s1. The molecule has 1 aromatic carbocycles. The second-order valence-electron chi connectivity index (χ2n) is 5.89. The van der Waals surface area contributed by atoms with Crippen molar-refractivity contribution in [2.24, 2.45) is 0 Å². The van der Waals surface area contributed by atoms with Crippen LogP contribution >= 0.6 is 0 Å². The number of hydrogen-bond donors (Lipinski definition) is 2. The number of amides is 2. The van der Waals surface area contributed by atoms with Gasteiger partial charge in [-0.2, -0.15) is 5.26 Å². The second kappa shape index (κ2) is 7.46. The zero-order valence-electron chi connectivity index (χ0n) is 13.3. The molecule has 0 spiro atoms. The van der Waals surface area contributed by atoms with Gasteiger partial charge >= 0.3 is 6.09 Å². The smallest absolute Gasteiger partial charge is 0.408 e. The average molecular weight is 303 g/mol. The Morgan fingerprint density at radius 1 is 1.27 bits per heavy atom. The molecule has 0 unspecified atom stereocenters. The van der Waals surface area contributed by atoms with E-state index in [1.54, 1.807) is 52.0 Å². The number of rotatable bonds is 4. The summed E-state index contributed by atoms with van der Waals surface area (Å²) < 4.78 is 5.09. The summed E-state index contributed by atoms with van der Waals surface area (Å²) >= 11 is 0. The van der Waals surface area contributed by atoms with Crippen molar-refractivity contribution >= 4 is 17.7 Å². The fourth-order valence-corrected chi connectivity index (χ4v) is 1.60. The average Bonchev–Trinajstić information content (AvgIpc) is 2.39. The van der Waals surface area contributed by atoms with Gasteiger partial charge in [0.15, 0.2) is 0 Å². The van der Waals surface area contributed by atoms with Crippen molar-refractivity contribution in [1.29, 1.82) is 5.26 Å². The van der Waals surface area contributed by atoms with Gasteiger partial charge < -0.3 is 15.4 Å². The summed E-state index contributed by atoms with van der Waals surface area (Å²) in [6.45, 7) is 6.82. The number of hydrogen-bond acceptors (Lipinski definition) is 4. The molecule has 0 bridgehead atoms. The predicted molar refractivity (Wildman–Crippen MR) is 83.2 cm³/mol. The number of benzene rings is 1. The first kappa shape index (κ1) is 17.5. The lowest BCUT2D eigenvalue weighted by atomic mass is 10.1. The first-order valence-electron chi connectivity index (χ1n) is 6.97. The number of alkyl carbamates (subject to hydrolysis) is 1. The van der Waals surface area contributed by atoms with Crippen LogP contribution < -0.4 is 10.6 Å². The van der Waals surface area contributed by atoms with Crippen LogP contribution in [0.3, 0.4) is 0 Å². The maximum Gasteiger partial charge on any atom is 0.408 e. The van der Waals surface area contributed by atoms with Gasteiger partial charge in [-0.1, -0.05) is 12.1 Å². The zero-order chi connectivity index (χ0) is 16.8. The number of nitriles is 1. The van der Waals surface area contributed by atoms with Crippen LogP contribution in [-0.2, 0) is 16.0 Å². The summed E-state index contributed by atoms with van der Waals surface area (Å²) in [7, 11) is 0. The van der Waals surface area contributed by atoms with Gasteiger partial charge in [-0.05, 0) is 45.4 Å². The molecule has 1 atom stereocenters. The fourth-order valence-electron chi connectivity index (χ4n) is 1.60. The minimum Gasteiger partial charge on any atom is -0.444 e. The molecule has 2 amide bonds. The maximum absolute atomic E-state index is 12.0. The summed E-state index contributed by atoms with van der Waals surface area (Å²) in [6, 6.07) is 8.29. The summed E-state index contributed by atoms with van der Waals surface area (Å²) in [5, 5.41) is 13.8. The van der Waals surface area contributed by atoms with Crippen molar-refractivity contribution in [3.05, 3.63) is 29.8 Å². The summed E-state index contributed by atoms with van der Waals surface area (Å²) in [4.78, 5) is 23.6. The molecule has 118 valence electrons. The van der Waals surface area contributed by atoms with Crippen molar-refractivity contribution in [2.75, 3.05) is 5.32 Å². The monoisotopic (exact) mass is 303 g/mol. The van der Waals surface area contributed by atoms with E-state index < -0.39 is 17.7 Å². The van der Waals surface area contributed by atoms with E-state index in [0.29, 0.717) is 12.1 Å². The Kier molecular flexibility index (Phi) is 5.93. The Hall–Kier alpha value is -2.55. The number of nitrogens with zero attached hydrogens (tertiary/aromatic N) is 1. The van der Waals surface area contributed by atoms with Gasteiger partial charge in [0.2, 0.25) is 5.91 Å². The minimum atomic E-state index is -0.728. The minimum absolute atomic E-state index is 0.324. The molecular formula is C16H21N3O3. The molecule has 6 nitrogen and oxygen atoms in total. The van der Waals surface area contributed by atoms with Crippen molar-refractivity contribution in [3.63, 3.8) is 0 Å². The third-order valence-corrected chi connectivity index (χ3v) is 2.63. The topological polar surface area (TPSA) is 91.2 Å². The Morgan fingerprint density at radius 3 is 2.36 bits per heavy atom. The predicted octanol–water partition coefficient (Wildman–Crippen LogP) is 2.60. The molecule has 6 heteroatoms. The second-order valence-corrected chi connectivity index (χ2v) is 5.89. The van der Waals surface area contributed by atoms with E-state index in [2.05, 4.69) is 16.7 Å². The molecular weight excluding hydrogens is 282 g/mol. The SMILES string of the molecule is C[C@@H](NC(=O)OC(C)(C)C)C(=O)Nc1ccc(CC#N)cc1. The molecule has 1 rings (SSSR count). The highest BCUT2D eigenvalue weighted by Crippen LogP contribution is 2.11. The van der Waals surface area contributed by atoms with Crippen LogP contribution in [0.1, 0.15) is 33.3 Å². The summed E-state index contributed by atoms with van der Waals surface area (Å²) in [6.07, 6.45) is -0.315. The number of carbonyl (C=O) groups is 2. The molecule has 0 fully saturated rings. The van der Waals surface area contributed by atoms with E-state index in [1.165, 1.54) is 0 Å². The van der Waals surface area contributed by atoms with Crippen LogP contribution in [-0.4, -0.2) is 23.6 Å². The van der Waals surface area contributed by atoms with Gasteiger partial charge in [-0.15, -0.1) is 0 Å². The number of nitrogens with one attached hydrogen (secondary N) is 2. The van der Waals surface area contributed by atoms with E-state index in [-0.39, 0.29) is 5.91 Å². The molecule has 2 N–H and O–H groups in total. The van der Waals surface area contributed by atoms with Gasteiger partial charge in [-0.3, -0.25) is 4.79 Å². The highest BCUT2D eigenvalue weighted by molar-refractivity contribution is 5.96. The van der Waals surface area contributed by atoms with Crippen molar-refractivity contribution < 1.29 is 14.3 Å². The summed E-state index contributed by atoms with van der Waals surface area (Å²) in [5.41, 5.74) is 0.863. The van der Waals surface area contributed by atoms with Crippen LogP contribution in [0.2, 0.25) is 0 Å². The maximum atomic E-state index is 12.0. The lowest BCUT2D eigenvalue weighted by Crippen LogP contribution is -2.43. The molecule has 0 heterocycles. The lowest BCUT2D eigenvalue weighted by molar-refractivity contribution is -0.117. The third kappa shape index (κ3) is 6.27. The normalized spacial score (nSPS) is 12.0. The van der Waals surface area contributed by atoms with Gasteiger partial charge in [0, 0.05) is 5.69 Å². The Labute approximate surface area is 130 Å². The Bertz CT molecular complexity index is 568. The van der Waals surface area contributed by atoms with Crippen LogP contribution in [0, 0.1) is 11.3 Å². The molecule has 0 aliphatic rings. The van der Waals surface area contributed by atoms with Crippen LogP contribution in [0.15, 0.2) is 24.3 Å². The number of carbonyl (C=O) groups excluding carboxylic acids is 2. The van der Waals surface area contributed by atoms with Gasteiger partial charge in [0.1, 0.15) is 11.6 Å². The van der Waals surface area contributed by atoms with Crippen LogP contribution in [0.5, 0.6) is 0 Å². The first-order valence-corrected chi connectivity index (χ1v) is 6.97. The molecule has 0 saturated carbocycles. The zero-order valence-corrected chi connectivity index (χ0v) is 13.3. The van der Waals surface area contributed by atoms with E-state index in [4.69, 9.17) is 10.00 Å². The third-order valence-electron chi connectivity index (χ3n) is 2.63. The molecule has 1 aromatic rings. The van der Waals surface area contributed by atoms with E-state index in [1.807, 2.05) is 0 Å². The Morgan fingerprint density at radius 2 is 1.86 bits per heavy atom. The summed E-state index contributed by atoms with van der Waals surface area (Å²) in [5.74, 6) is -0.348. The molecule has 0 aliphatic heterocycles. The van der Waals surface area contributed by atoms with E-state index in [9.17, 15) is 9.59 Å². The van der Waals surface area contributed by atoms with E-state index in [0.717, 1.165) is 5.56 Å². The van der Waals surface area contributed by atoms with Crippen molar-refractivity contribution in [2.45, 2.75) is 45.8 Å². The molecule has 0 saturated heterocycles. The van der Waals surface area contributed by atoms with Crippen LogP contribution in [0.4, 0.5) is 10.5 Å².